The average molecular weight is 297 g/mol. The minimum absolute atomic E-state index is 0.192. The molecule has 6 heteroatoms. The largest absolute Gasteiger partial charge is 0.416 e. The maximum absolute atomic E-state index is 13.2. The maximum atomic E-state index is 13.2. The molecule has 2 rings (SSSR count). The lowest BCUT2D eigenvalue weighted by molar-refractivity contribution is -0.138. The van der Waals surface area contributed by atoms with Gasteiger partial charge in [0.1, 0.15) is 0 Å². The van der Waals surface area contributed by atoms with E-state index in [1.54, 1.807) is 17.6 Å². The van der Waals surface area contributed by atoms with Gasteiger partial charge in [-0.3, -0.25) is 0 Å². The first kappa shape index (κ1) is 15.6. The number of nitrogens with two attached hydrogens (primary N) is 1. The highest BCUT2D eigenvalue weighted by atomic mass is 19.4. The molecule has 21 heavy (non-hydrogen) atoms. The summed E-state index contributed by atoms with van der Waals surface area (Å²) in [4.78, 5) is 4.12. The van der Waals surface area contributed by atoms with Crippen LogP contribution in [-0.2, 0) is 12.6 Å². The Bertz CT molecular complexity index is 642. The lowest BCUT2D eigenvalue weighted by Gasteiger charge is -2.16. The second-order valence-electron chi connectivity index (χ2n) is 5.31. The highest BCUT2D eigenvalue weighted by molar-refractivity contribution is 5.44. The second kappa shape index (κ2) is 5.52. The summed E-state index contributed by atoms with van der Waals surface area (Å²) in [6.07, 6.45) is -2.67. The van der Waals surface area contributed by atoms with E-state index in [0.29, 0.717) is 5.69 Å². The van der Waals surface area contributed by atoms with Gasteiger partial charge < -0.3 is 10.3 Å². The Hall–Kier alpha value is -1.82. The summed E-state index contributed by atoms with van der Waals surface area (Å²) in [7, 11) is 0. The highest BCUT2D eigenvalue weighted by Crippen LogP contribution is 2.34. The molecule has 2 aromatic rings. The number of rotatable bonds is 3. The summed E-state index contributed by atoms with van der Waals surface area (Å²) in [5.74, 6) is 0. The topological polar surface area (TPSA) is 43.8 Å². The number of imidazole rings is 1. The molecule has 114 valence electrons. The predicted molar refractivity (Wildman–Crippen MR) is 75.4 cm³/mol. The van der Waals surface area contributed by atoms with Crippen LogP contribution in [0.3, 0.4) is 0 Å². The van der Waals surface area contributed by atoms with Gasteiger partial charge in [0.05, 0.1) is 17.6 Å². The summed E-state index contributed by atoms with van der Waals surface area (Å²) in [5, 5.41) is 0. The molecule has 0 bridgehead atoms. The van der Waals surface area contributed by atoms with Crippen molar-refractivity contribution < 1.29 is 13.2 Å². The summed E-state index contributed by atoms with van der Waals surface area (Å²) < 4.78 is 41.4. The van der Waals surface area contributed by atoms with Gasteiger partial charge in [0.15, 0.2) is 0 Å². The molecule has 0 saturated carbocycles. The van der Waals surface area contributed by atoms with E-state index in [9.17, 15) is 13.2 Å². The van der Waals surface area contributed by atoms with Crippen LogP contribution < -0.4 is 5.73 Å². The van der Waals surface area contributed by atoms with Gasteiger partial charge in [-0.1, -0.05) is 6.07 Å². The van der Waals surface area contributed by atoms with Gasteiger partial charge in [-0.05, 0) is 44.9 Å². The fourth-order valence-corrected chi connectivity index (χ4v) is 2.26. The van der Waals surface area contributed by atoms with Crippen LogP contribution in [0.5, 0.6) is 0 Å². The Morgan fingerprint density at radius 3 is 2.43 bits per heavy atom. The summed E-state index contributed by atoms with van der Waals surface area (Å²) in [5.41, 5.74) is 7.28. The number of hydrogen-bond donors (Lipinski definition) is 1. The lowest BCUT2D eigenvalue weighted by atomic mass is 10.00. The zero-order valence-corrected chi connectivity index (χ0v) is 12.2. The molecule has 0 spiro atoms. The van der Waals surface area contributed by atoms with Crippen molar-refractivity contribution in [2.45, 2.75) is 39.4 Å². The SMILES string of the molecule is Cc1ncn(-c2ccc(CC(C)N)c(C(F)(F)F)c2)c1C. The van der Waals surface area contributed by atoms with E-state index in [1.165, 1.54) is 12.4 Å². The van der Waals surface area contributed by atoms with Gasteiger partial charge in [0.25, 0.3) is 0 Å². The molecule has 0 aliphatic heterocycles. The molecule has 0 aliphatic rings. The zero-order chi connectivity index (χ0) is 15.8. The Morgan fingerprint density at radius 1 is 1.29 bits per heavy atom. The van der Waals surface area contributed by atoms with Crippen LogP contribution in [0.2, 0.25) is 0 Å². The zero-order valence-electron chi connectivity index (χ0n) is 12.2. The minimum Gasteiger partial charge on any atom is -0.328 e. The van der Waals surface area contributed by atoms with Crippen LogP contribution in [0, 0.1) is 13.8 Å². The van der Waals surface area contributed by atoms with Crippen LogP contribution in [0.25, 0.3) is 5.69 Å². The lowest BCUT2D eigenvalue weighted by Crippen LogP contribution is -2.21. The third-order valence-corrected chi connectivity index (χ3v) is 3.47. The minimum atomic E-state index is -4.40. The van der Waals surface area contributed by atoms with Crippen molar-refractivity contribution in [1.82, 2.24) is 9.55 Å². The van der Waals surface area contributed by atoms with Gasteiger partial charge in [0, 0.05) is 17.4 Å². The van der Waals surface area contributed by atoms with Crippen LogP contribution in [0.15, 0.2) is 24.5 Å². The third kappa shape index (κ3) is 3.26. The first-order valence-electron chi connectivity index (χ1n) is 6.66. The van der Waals surface area contributed by atoms with E-state index >= 15 is 0 Å². The number of benzene rings is 1. The quantitative estimate of drug-likeness (QED) is 0.943. The third-order valence-electron chi connectivity index (χ3n) is 3.47. The van der Waals surface area contributed by atoms with E-state index in [2.05, 4.69) is 4.98 Å². The Balaban J connectivity index is 2.54. The molecule has 1 aromatic heterocycles. The average Bonchev–Trinajstić information content (AvgIpc) is 2.69. The molecule has 0 amide bonds. The molecule has 1 atom stereocenters. The van der Waals surface area contributed by atoms with E-state index in [-0.39, 0.29) is 18.0 Å². The number of halogens is 3. The molecule has 0 radical (unpaired) electrons. The summed E-state index contributed by atoms with van der Waals surface area (Å²) >= 11 is 0. The van der Waals surface area contributed by atoms with Crippen LogP contribution >= 0.6 is 0 Å². The normalized spacial score (nSPS) is 13.5. The van der Waals surface area contributed by atoms with Crippen molar-refractivity contribution in [3.8, 4) is 5.69 Å². The molecule has 0 fully saturated rings. The van der Waals surface area contributed by atoms with E-state index in [1.807, 2.05) is 13.8 Å². The molecule has 0 aliphatic carbocycles. The van der Waals surface area contributed by atoms with Gasteiger partial charge in [-0.15, -0.1) is 0 Å². The molecule has 1 unspecified atom stereocenters. The Morgan fingerprint density at radius 2 is 1.95 bits per heavy atom. The van der Waals surface area contributed by atoms with Crippen molar-refractivity contribution in [2.24, 2.45) is 5.73 Å². The fraction of sp³-hybridized carbons (Fsp3) is 0.400. The first-order valence-corrected chi connectivity index (χ1v) is 6.66. The van der Waals surface area contributed by atoms with E-state index < -0.39 is 11.7 Å². The smallest absolute Gasteiger partial charge is 0.328 e. The number of aromatic nitrogens is 2. The van der Waals surface area contributed by atoms with Gasteiger partial charge >= 0.3 is 6.18 Å². The first-order chi connectivity index (χ1) is 9.70. The van der Waals surface area contributed by atoms with Gasteiger partial charge in [0.2, 0.25) is 0 Å². The molecule has 0 saturated heterocycles. The number of nitrogens with zero attached hydrogens (tertiary/aromatic N) is 2. The molecule has 1 aromatic carbocycles. The van der Waals surface area contributed by atoms with Crippen LogP contribution in [-0.4, -0.2) is 15.6 Å². The van der Waals surface area contributed by atoms with Crippen LogP contribution in [0.1, 0.15) is 29.4 Å². The van der Waals surface area contributed by atoms with E-state index in [0.717, 1.165) is 17.5 Å². The van der Waals surface area contributed by atoms with E-state index in [4.69, 9.17) is 5.73 Å². The highest BCUT2D eigenvalue weighted by Gasteiger charge is 2.33. The summed E-state index contributed by atoms with van der Waals surface area (Å²) in [6.45, 7) is 5.34. The molecular weight excluding hydrogens is 279 g/mol. The van der Waals surface area contributed by atoms with Crippen molar-refractivity contribution in [2.75, 3.05) is 0 Å². The maximum Gasteiger partial charge on any atom is 0.416 e. The second-order valence-corrected chi connectivity index (χ2v) is 5.31. The Kier molecular flexibility index (Phi) is 4.09. The fourth-order valence-electron chi connectivity index (χ4n) is 2.26. The Labute approximate surface area is 121 Å². The number of alkyl halides is 3. The van der Waals surface area contributed by atoms with Crippen LogP contribution in [0.4, 0.5) is 13.2 Å². The van der Waals surface area contributed by atoms with Crippen molar-refractivity contribution in [3.05, 3.63) is 47.0 Å². The molecule has 2 N–H and O–H groups in total. The standard InChI is InChI=1S/C15H18F3N3/c1-9(19)6-12-4-5-13(7-14(12)15(16,17)18)21-8-20-10(2)11(21)3/h4-5,7-9H,6,19H2,1-3H3. The summed E-state index contributed by atoms with van der Waals surface area (Å²) in [6, 6.07) is 4.00. The van der Waals surface area contributed by atoms with Crippen molar-refractivity contribution >= 4 is 0 Å². The van der Waals surface area contributed by atoms with Crippen molar-refractivity contribution in [3.63, 3.8) is 0 Å². The number of hydrogen-bond acceptors (Lipinski definition) is 2. The number of aryl methyl sites for hydroxylation is 1. The monoisotopic (exact) mass is 297 g/mol. The van der Waals surface area contributed by atoms with Crippen molar-refractivity contribution in [1.29, 1.82) is 0 Å². The van der Waals surface area contributed by atoms with Gasteiger partial charge in [-0.25, -0.2) is 4.98 Å². The molecular formula is C15H18F3N3. The molecule has 1 heterocycles. The predicted octanol–water partition coefficient (Wildman–Crippen LogP) is 3.40. The molecule has 3 nitrogen and oxygen atoms in total. The van der Waals surface area contributed by atoms with Gasteiger partial charge in [-0.2, -0.15) is 13.2 Å².